The molecule has 1 fully saturated rings. The molecule has 0 unspecified atom stereocenters. The molecule has 5 nitrogen and oxygen atoms in total. The Bertz CT molecular complexity index is 1290. The van der Waals surface area contributed by atoms with Gasteiger partial charge in [0, 0.05) is 20.1 Å². The average Bonchev–Trinajstić information content (AvgIpc) is 3.03. The van der Waals surface area contributed by atoms with Crippen molar-refractivity contribution in [3.05, 3.63) is 100 Å². The van der Waals surface area contributed by atoms with E-state index in [0.717, 1.165) is 15.6 Å². The average molecular weight is 690 g/mol. The van der Waals surface area contributed by atoms with E-state index < -0.39 is 11.9 Å². The first kappa shape index (κ1) is 25.3. The molecule has 1 heterocycles. The molecule has 1 saturated heterocycles. The molecule has 0 aromatic heterocycles. The van der Waals surface area contributed by atoms with E-state index in [2.05, 4.69) is 53.1 Å². The number of ether oxygens (including phenoxy) is 1. The molecule has 3 aromatic carbocycles. The lowest BCUT2D eigenvalue weighted by atomic mass is 10.1. The molecule has 10 heteroatoms. The van der Waals surface area contributed by atoms with Crippen molar-refractivity contribution in [1.82, 2.24) is 10.2 Å². The summed E-state index contributed by atoms with van der Waals surface area (Å²) >= 11 is 22.6. The molecule has 1 aliphatic rings. The lowest BCUT2D eigenvalue weighted by molar-refractivity contribution is -0.123. The van der Waals surface area contributed by atoms with E-state index in [4.69, 9.17) is 27.9 Å². The number of amides is 3. The summed E-state index contributed by atoms with van der Waals surface area (Å²) in [6.07, 6.45) is 1.62. The van der Waals surface area contributed by atoms with Crippen LogP contribution in [-0.4, -0.2) is 16.8 Å². The highest BCUT2D eigenvalue weighted by molar-refractivity contribution is 9.11. The van der Waals surface area contributed by atoms with Crippen LogP contribution in [0.15, 0.2) is 73.7 Å². The zero-order valence-electron chi connectivity index (χ0n) is 17.2. The van der Waals surface area contributed by atoms with Gasteiger partial charge in [0.15, 0.2) is 0 Å². The fourth-order valence-electron chi connectivity index (χ4n) is 3.24. The SMILES string of the molecule is O=C1N/C(=C/c2cc(Br)c(OCc3ccc(Cl)cc3Cl)c(Br)c2)C(=O)N1Cc1ccc(Br)cc1. The van der Waals surface area contributed by atoms with Gasteiger partial charge in [-0.1, -0.05) is 57.3 Å². The zero-order chi connectivity index (χ0) is 24.4. The molecule has 3 amide bonds. The second-order valence-electron chi connectivity index (χ2n) is 7.34. The first-order valence-electron chi connectivity index (χ1n) is 9.86. The highest BCUT2D eigenvalue weighted by atomic mass is 79.9. The van der Waals surface area contributed by atoms with Crippen LogP contribution in [0.25, 0.3) is 6.08 Å². The molecule has 0 saturated carbocycles. The number of urea groups is 1. The van der Waals surface area contributed by atoms with Gasteiger partial charge in [0.1, 0.15) is 18.1 Å². The molecule has 174 valence electrons. The lowest BCUT2D eigenvalue weighted by Crippen LogP contribution is -2.30. The molecule has 0 aliphatic carbocycles. The van der Waals surface area contributed by atoms with Crippen LogP contribution >= 0.6 is 71.0 Å². The summed E-state index contributed by atoms with van der Waals surface area (Å²) in [4.78, 5) is 26.4. The maximum atomic E-state index is 12.8. The third-order valence-electron chi connectivity index (χ3n) is 4.93. The van der Waals surface area contributed by atoms with E-state index in [-0.39, 0.29) is 18.8 Å². The minimum Gasteiger partial charge on any atom is -0.486 e. The predicted molar refractivity (Wildman–Crippen MR) is 144 cm³/mol. The minimum absolute atomic E-state index is 0.183. The van der Waals surface area contributed by atoms with Crippen LogP contribution in [0.2, 0.25) is 10.0 Å². The van der Waals surface area contributed by atoms with Crippen LogP contribution < -0.4 is 10.1 Å². The number of rotatable bonds is 6. The molecular formula is C24H15Br3Cl2N2O3. The molecule has 0 radical (unpaired) electrons. The Morgan fingerprint density at radius 2 is 1.62 bits per heavy atom. The molecule has 34 heavy (non-hydrogen) atoms. The Kier molecular flexibility index (Phi) is 8.05. The highest BCUT2D eigenvalue weighted by Gasteiger charge is 2.33. The number of nitrogens with one attached hydrogen (secondary N) is 1. The van der Waals surface area contributed by atoms with E-state index in [1.54, 1.807) is 36.4 Å². The van der Waals surface area contributed by atoms with Crippen LogP contribution in [0.1, 0.15) is 16.7 Å². The number of hydrogen-bond donors (Lipinski definition) is 1. The van der Waals surface area contributed by atoms with Gasteiger partial charge in [-0.15, -0.1) is 0 Å². The number of benzene rings is 3. The van der Waals surface area contributed by atoms with Crippen LogP contribution in [0, 0.1) is 0 Å². The molecule has 0 spiro atoms. The first-order chi connectivity index (χ1) is 16.2. The van der Waals surface area contributed by atoms with Crippen molar-refractivity contribution in [3.63, 3.8) is 0 Å². The van der Waals surface area contributed by atoms with E-state index in [0.29, 0.717) is 30.3 Å². The number of carbonyl (C=O) groups excluding carboxylic acids is 2. The summed E-state index contributed by atoms with van der Waals surface area (Å²) in [5, 5.41) is 3.72. The fourth-order valence-corrected chi connectivity index (χ4v) is 5.42. The van der Waals surface area contributed by atoms with Gasteiger partial charge in [0.25, 0.3) is 5.91 Å². The minimum atomic E-state index is -0.461. The predicted octanol–water partition coefficient (Wildman–Crippen LogP) is 7.95. The largest absolute Gasteiger partial charge is 0.486 e. The third-order valence-corrected chi connectivity index (χ3v) is 7.23. The lowest BCUT2D eigenvalue weighted by Gasteiger charge is -2.13. The van der Waals surface area contributed by atoms with Crippen molar-refractivity contribution in [2.75, 3.05) is 0 Å². The summed E-state index contributed by atoms with van der Waals surface area (Å²) < 4.78 is 8.20. The van der Waals surface area contributed by atoms with Gasteiger partial charge in [0.2, 0.25) is 0 Å². The van der Waals surface area contributed by atoms with Gasteiger partial charge in [-0.05, 0) is 85.5 Å². The summed E-state index contributed by atoms with van der Waals surface area (Å²) in [7, 11) is 0. The van der Waals surface area contributed by atoms with E-state index >= 15 is 0 Å². The number of imide groups is 1. The molecule has 1 N–H and O–H groups in total. The van der Waals surface area contributed by atoms with Crippen LogP contribution in [0.4, 0.5) is 4.79 Å². The van der Waals surface area contributed by atoms with Crippen molar-refractivity contribution in [2.45, 2.75) is 13.2 Å². The highest BCUT2D eigenvalue weighted by Crippen LogP contribution is 2.36. The molecular weight excluding hydrogens is 675 g/mol. The molecule has 4 rings (SSSR count). The maximum Gasteiger partial charge on any atom is 0.329 e. The standard InChI is InChI=1S/C24H15Br3Cl2N2O3/c25-16-4-1-13(2-5-16)11-31-23(32)21(30-24(31)33)9-14-7-18(26)22(19(27)8-14)34-12-15-3-6-17(28)10-20(15)29/h1-10H,11-12H2,(H,30,33)/b21-9+. The summed E-state index contributed by atoms with van der Waals surface area (Å²) in [5.74, 6) is 0.185. The molecule has 3 aromatic rings. The quantitative estimate of drug-likeness (QED) is 0.211. The monoisotopic (exact) mass is 686 g/mol. The van der Waals surface area contributed by atoms with Crippen molar-refractivity contribution in [2.24, 2.45) is 0 Å². The smallest absolute Gasteiger partial charge is 0.329 e. The molecule has 0 atom stereocenters. The Hall–Kier alpha value is -1.84. The summed E-state index contributed by atoms with van der Waals surface area (Å²) in [5.41, 5.74) is 2.54. The van der Waals surface area contributed by atoms with Gasteiger partial charge in [-0.3, -0.25) is 9.69 Å². The van der Waals surface area contributed by atoms with Crippen molar-refractivity contribution in [1.29, 1.82) is 0 Å². The van der Waals surface area contributed by atoms with Gasteiger partial charge in [0.05, 0.1) is 15.5 Å². The summed E-state index contributed by atoms with van der Waals surface area (Å²) in [6, 6.07) is 15.8. The Morgan fingerprint density at radius 3 is 2.26 bits per heavy atom. The molecule has 1 aliphatic heterocycles. The summed E-state index contributed by atoms with van der Waals surface area (Å²) in [6.45, 7) is 0.426. The van der Waals surface area contributed by atoms with E-state index in [1.807, 2.05) is 24.3 Å². The Labute approximate surface area is 231 Å². The van der Waals surface area contributed by atoms with Gasteiger partial charge < -0.3 is 10.1 Å². The topological polar surface area (TPSA) is 58.6 Å². The fraction of sp³-hybridized carbons (Fsp3) is 0.0833. The normalized spacial score (nSPS) is 14.6. The number of carbonyl (C=O) groups is 2. The van der Waals surface area contributed by atoms with Gasteiger partial charge >= 0.3 is 6.03 Å². The maximum absolute atomic E-state index is 12.8. The van der Waals surface area contributed by atoms with E-state index in [1.165, 1.54) is 4.90 Å². The first-order valence-corrected chi connectivity index (χ1v) is 13.0. The van der Waals surface area contributed by atoms with Crippen LogP contribution in [0.3, 0.4) is 0 Å². The Morgan fingerprint density at radius 1 is 0.941 bits per heavy atom. The number of halogens is 5. The van der Waals surface area contributed by atoms with Gasteiger partial charge in [-0.2, -0.15) is 0 Å². The van der Waals surface area contributed by atoms with Crippen LogP contribution in [0.5, 0.6) is 5.75 Å². The third kappa shape index (κ3) is 5.86. The van der Waals surface area contributed by atoms with Crippen molar-refractivity contribution in [3.8, 4) is 5.75 Å². The Balaban J connectivity index is 1.50. The van der Waals surface area contributed by atoms with E-state index in [9.17, 15) is 9.59 Å². The zero-order valence-corrected chi connectivity index (χ0v) is 23.5. The van der Waals surface area contributed by atoms with Gasteiger partial charge in [-0.25, -0.2) is 4.79 Å². The number of nitrogens with zero attached hydrogens (tertiary/aromatic N) is 1. The number of hydrogen-bond acceptors (Lipinski definition) is 3. The molecule has 0 bridgehead atoms. The second-order valence-corrected chi connectivity index (χ2v) is 10.8. The van der Waals surface area contributed by atoms with Crippen LogP contribution in [-0.2, 0) is 17.9 Å². The van der Waals surface area contributed by atoms with Crippen molar-refractivity contribution < 1.29 is 14.3 Å². The van der Waals surface area contributed by atoms with Crippen molar-refractivity contribution >= 4 is 89.0 Å². The second kappa shape index (κ2) is 10.8.